The molecule has 1 fully saturated rings. The van der Waals surface area contributed by atoms with Gasteiger partial charge in [-0.15, -0.1) is 0 Å². The lowest BCUT2D eigenvalue weighted by atomic mass is 10.1. The van der Waals surface area contributed by atoms with Crippen LogP contribution < -0.4 is 15.5 Å². The molecule has 0 spiro atoms. The molecule has 1 amide bonds. The molecule has 0 saturated carbocycles. The summed E-state index contributed by atoms with van der Waals surface area (Å²) in [5, 5.41) is 6.16. The quantitative estimate of drug-likeness (QED) is 0.769. The van der Waals surface area contributed by atoms with Gasteiger partial charge in [0.2, 0.25) is 0 Å². The molecule has 0 atom stereocenters. The van der Waals surface area contributed by atoms with Crippen molar-refractivity contribution in [1.29, 1.82) is 0 Å². The molecule has 2 heterocycles. The summed E-state index contributed by atoms with van der Waals surface area (Å²) >= 11 is 0. The first kappa shape index (κ1) is 18.1. The monoisotopic (exact) mass is 355 g/mol. The molecule has 7 nitrogen and oxygen atoms in total. The second-order valence-corrected chi connectivity index (χ2v) is 6.42. The summed E-state index contributed by atoms with van der Waals surface area (Å²) < 4.78 is 5.36. The molecule has 1 aliphatic heterocycles. The second-order valence-electron chi connectivity index (χ2n) is 6.42. The topological polar surface area (TPSA) is 79.4 Å². The lowest BCUT2D eigenvalue weighted by Crippen LogP contribution is -2.36. The minimum Gasteiger partial charge on any atom is -0.378 e. The number of benzene rings is 1. The van der Waals surface area contributed by atoms with Gasteiger partial charge >= 0.3 is 0 Å². The molecule has 1 aliphatic rings. The highest BCUT2D eigenvalue weighted by atomic mass is 16.5. The van der Waals surface area contributed by atoms with Crippen molar-refractivity contribution >= 4 is 17.5 Å². The fourth-order valence-electron chi connectivity index (χ4n) is 2.98. The number of ether oxygens (including phenoxy) is 1. The van der Waals surface area contributed by atoms with Crippen molar-refractivity contribution in [3.05, 3.63) is 47.3 Å². The molecule has 2 aromatic rings. The smallest absolute Gasteiger partial charge is 0.251 e. The summed E-state index contributed by atoms with van der Waals surface area (Å²) in [7, 11) is 0. The summed E-state index contributed by atoms with van der Waals surface area (Å²) in [6, 6.07) is 7.78. The number of aryl methyl sites for hydroxylation is 2. The van der Waals surface area contributed by atoms with Gasteiger partial charge in [0.1, 0.15) is 18.0 Å². The van der Waals surface area contributed by atoms with Crippen molar-refractivity contribution in [1.82, 2.24) is 15.3 Å². The van der Waals surface area contributed by atoms with E-state index in [-0.39, 0.29) is 5.91 Å². The van der Waals surface area contributed by atoms with Crippen molar-refractivity contribution in [2.75, 3.05) is 49.6 Å². The fourth-order valence-corrected chi connectivity index (χ4v) is 2.98. The SMILES string of the molecule is Cc1cc(C)cc(C(=O)NCCNc2cc(N3CCOCC3)ncn2)c1. The molecule has 0 unspecified atom stereocenters. The molecule has 7 heteroatoms. The first-order valence-corrected chi connectivity index (χ1v) is 8.87. The highest BCUT2D eigenvalue weighted by Crippen LogP contribution is 2.15. The molecule has 138 valence electrons. The van der Waals surface area contributed by atoms with Crippen LogP contribution >= 0.6 is 0 Å². The number of carbonyl (C=O) groups excluding carboxylic acids is 1. The van der Waals surface area contributed by atoms with E-state index >= 15 is 0 Å². The third-order valence-electron chi connectivity index (χ3n) is 4.19. The van der Waals surface area contributed by atoms with Crippen molar-refractivity contribution < 1.29 is 9.53 Å². The second kappa shape index (κ2) is 8.62. The maximum Gasteiger partial charge on any atom is 0.251 e. The number of amides is 1. The molecule has 0 aliphatic carbocycles. The van der Waals surface area contributed by atoms with Crippen LogP contribution in [-0.2, 0) is 4.74 Å². The van der Waals surface area contributed by atoms with E-state index in [0.29, 0.717) is 18.7 Å². The zero-order chi connectivity index (χ0) is 18.4. The largest absolute Gasteiger partial charge is 0.378 e. The molecule has 1 aromatic heterocycles. The number of nitrogens with zero attached hydrogens (tertiary/aromatic N) is 3. The molecule has 0 bridgehead atoms. The highest BCUT2D eigenvalue weighted by molar-refractivity contribution is 5.94. The molecular formula is C19H25N5O2. The Labute approximate surface area is 153 Å². The predicted octanol–water partition coefficient (Wildman–Crippen LogP) is 1.77. The fraction of sp³-hybridized carbons (Fsp3) is 0.421. The van der Waals surface area contributed by atoms with Crippen LogP contribution in [0.1, 0.15) is 21.5 Å². The number of morpholine rings is 1. The van der Waals surface area contributed by atoms with Gasteiger partial charge in [0.15, 0.2) is 0 Å². The number of rotatable bonds is 6. The number of aromatic nitrogens is 2. The third-order valence-corrected chi connectivity index (χ3v) is 4.19. The van der Waals surface area contributed by atoms with E-state index in [1.165, 1.54) is 0 Å². The van der Waals surface area contributed by atoms with Crippen LogP contribution in [0.15, 0.2) is 30.6 Å². The summed E-state index contributed by atoms with van der Waals surface area (Å²) in [6.45, 7) is 8.21. The van der Waals surface area contributed by atoms with Crippen molar-refractivity contribution in [2.45, 2.75) is 13.8 Å². The first-order valence-electron chi connectivity index (χ1n) is 8.87. The van der Waals surface area contributed by atoms with Gasteiger partial charge in [-0.2, -0.15) is 0 Å². The van der Waals surface area contributed by atoms with Gasteiger partial charge in [0.05, 0.1) is 13.2 Å². The first-order chi connectivity index (χ1) is 12.6. The summed E-state index contributed by atoms with van der Waals surface area (Å²) in [5.41, 5.74) is 2.87. The molecule has 0 radical (unpaired) electrons. The average Bonchev–Trinajstić information content (AvgIpc) is 2.65. The Kier molecular flexibility index (Phi) is 6.01. The van der Waals surface area contributed by atoms with Crippen molar-refractivity contribution in [3.8, 4) is 0 Å². The number of hydrogen-bond acceptors (Lipinski definition) is 6. The minimum absolute atomic E-state index is 0.0599. The van der Waals surface area contributed by atoms with Gasteiger partial charge in [0, 0.05) is 37.8 Å². The van der Waals surface area contributed by atoms with Crippen LogP contribution in [0, 0.1) is 13.8 Å². The molecule has 3 rings (SSSR count). The van der Waals surface area contributed by atoms with Crippen molar-refractivity contribution in [2.24, 2.45) is 0 Å². The zero-order valence-corrected chi connectivity index (χ0v) is 15.3. The summed E-state index contributed by atoms with van der Waals surface area (Å²) in [5.74, 6) is 1.59. The van der Waals surface area contributed by atoms with Crippen LogP contribution in [0.5, 0.6) is 0 Å². The Morgan fingerprint density at radius 3 is 2.54 bits per heavy atom. The van der Waals surface area contributed by atoms with Crippen LogP contribution in [0.2, 0.25) is 0 Å². The molecular weight excluding hydrogens is 330 g/mol. The minimum atomic E-state index is -0.0599. The lowest BCUT2D eigenvalue weighted by molar-refractivity contribution is 0.0955. The molecule has 2 N–H and O–H groups in total. The summed E-state index contributed by atoms with van der Waals surface area (Å²) in [4.78, 5) is 23.0. The van der Waals surface area contributed by atoms with E-state index in [0.717, 1.165) is 49.1 Å². The number of nitrogens with one attached hydrogen (secondary N) is 2. The van der Waals surface area contributed by atoms with E-state index in [4.69, 9.17) is 4.74 Å². The van der Waals surface area contributed by atoms with E-state index in [9.17, 15) is 4.79 Å². The molecule has 1 saturated heterocycles. The maximum atomic E-state index is 12.2. The third kappa shape index (κ3) is 4.92. The summed E-state index contributed by atoms with van der Waals surface area (Å²) in [6.07, 6.45) is 1.56. The van der Waals surface area contributed by atoms with Gasteiger partial charge in [-0.25, -0.2) is 9.97 Å². The van der Waals surface area contributed by atoms with E-state index in [2.05, 4.69) is 31.6 Å². The van der Waals surface area contributed by atoms with Crippen LogP contribution in [-0.4, -0.2) is 55.3 Å². The Morgan fingerprint density at radius 1 is 1.08 bits per heavy atom. The van der Waals surface area contributed by atoms with E-state index in [1.807, 2.05) is 32.0 Å². The average molecular weight is 355 g/mol. The van der Waals surface area contributed by atoms with Crippen LogP contribution in [0.3, 0.4) is 0 Å². The molecule has 1 aromatic carbocycles. The zero-order valence-electron chi connectivity index (χ0n) is 15.3. The van der Waals surface area contributed by atoms with Gasteiger partial charge in [0.25, 0.3) is 5.91 Å². The maximum absolute atomic E-state index is 12.2. The van der Waals surface area contributed by atoms with Gasteiger partial charge < -0.3 is 20.3 Å². The van der Waals surface area contributed by atoms with Gasteiger partial charge in [-0.3, -0.25) is 4.79 Å². The van der Waals surface area contributed by atoms with Crippen molar-refractivity contribution in [3.63, 3.8) is 0 Å². The standard InChI is InChI=1S/C19H25N5O2/c1-14-9-15(2)11-16(10-14)19(25)21-4-3-20-17-12-18(23-13-22-17)24-5-7-26-8-6-24/h9-13H,3-8H2,1-2H3,(H,21,25)(H,20,22,23). The van der Waals surface area contributed by atoms with Gasteiger partial charge in [-0.05, 0) is 26.0 Å². The number of hydrogen-bond donors (Lipinski definition) is 2. The Balaban J connectivity index is 1.48. The Hall–Kier alpha value is -2.67. The van der Waals surface area contributed by atoms with Crippen LogP contribution in [0.4, 0.5) is 11.6 Å². The normalized spacial score (nSPS) is 14.2. The number of anilines is 2. The van der Waals surface area contributed by atoms with Crippen LogP contribution in [0.25, 0.3) is 0 Å². The number of carbonyl (C=O) groups is 1. The van der Waals surface area contributed by atoms with Gasteiger partial charge in [-0.1, -0.05) is 17.2 Å². The molecule has 26 heavy (non-hydrogen) atoms. The van der Waals surface area contributed by atoms with E-state index in [1.54, 1.807) is 6.33 Å². The lowest BCUT2D eigenvalue weighted by Gasteiger charge is -2.27. The van der Waals surface area contributed by atoms with E-state index < -0.39 is 0 Å². The Bertz CT molecular complexity index is 739. The predicted molar refractivity (Wildman–Crippen MR) is 102 cm³/mol. The Morgan fingerprint density at radius 2 is 1.81 bits per heavy atom. The highest BCUT2D eigenvalue weighted by Gasteiger charge is 2.13.